The van der Waals surface area contributed by atoms with Gasteiger partial charge in [-0.3, -0.25) is 4.79 Å². The molecule has 2 aromatic rings. The lowest BCUT2D eigenvalue weighted by atomic mass is 10.00. The summed E-state index contributed by atoms with van der Waals surface area (Å²) in [5.41, 5.74) is 9.01. The van der Waals surface area contributed by atoms with Crippen LogP contribution in [0.5, 0.6) is 5.75 Å². The summed E-state index contributed by atoms with van der Waals surface area (Å²) in [4.78, 5) is 14.9. The van der Waals surface area contributed by atoms with Crippen molar-refractivity contribution in [2.45, 2.75) is 44.9 Å². The van der Waals surface area contributed by atoms with Crippen molar-refractivity contribution >= 4 is 18.3 Å². The van der Waals surface area contributed by atoms with E-state index < -0.39 is 0 Å². The Kier molecular flexibility index (Phi) is 8.50. The number of nitrogens with zero attached hydrogens (tertiary/aromatic N) is 1. The van der Waals surface area contributed by atoms with E-state index >= 15 is 0 Å². The third-order valence-corrected chi connectivity index (χ3v) is 5.53. The number of carbonyl (C=O) groups excluding carboxylic acids is 1. The minimum absolute atomic E-state index is 0. The van der Waals surface area contributed by atoms with Gasteiger partial charge in [-0.05, 0) is 55.5 Å². The van der Waals surface area contributed by atoms with E-state index in [0.717, 1.165) is 35.3 Å². The maximum absolute atomic E-state index is 13.0. The second kappa shape index (κ2) is 10.6. The highest BCUT2D eigenvalue weighted by atomic mass is 35.5. The molecule has 1 heterocycles. The monoisotopic (exact) mass is 418 g/mol. The number of methoxy groups -OCH3 is 1. The maximum atomic E-state index is 13.0. The van der Waals surface area contributed by atoms with E-state index in [0.29, 0.717) is 13.1 Å². The average Bonchev–Trinajstić information content (AvgIpc) is 3.23. The molecule has 1 aliphatic heterocycles. The van der Waals surface area contributed by atoms with Gasteiger partial charge in [-0.2, -0.15) is 0 Å². The predicted molar refractivity (Wildman–Crippen MR) is 118 cm³/mol. The third kappa shape index (κ3) is 5.30. The molecule has 1 fully saturated rings. The van der Waals surface area contributed by atoms with Crippen LogP contribution in [0, 0.1) is 0 Å². The number of carbonyl (C=O) groups is 1. The molecule has 1 aliphatic rings. The number of hydrogen-bond donors (Lipinski definition) is 1. The van der Waals surface area contributed by atoms with E-state index in [9.17, 15) is 4.79 Å². The van der Waals surface area contributed by atoms with Gasteiger partial charge in [0, 0.05) is 13.1 Å². The summed E-state index contributed by atoms with van der Waals surface area (Å²) in [5.74, 6) is 0.896. The normalized spacial score (nSPS) is 19.3. The van der Waals surface area contributed by atoms with Crippen LogP contribution < -0.4 is 10.5 Å². The van der Waals surface area contributed by atoms with Crippen molar-refractivity contribution in [3.05, 3.63) is 54.1 Å². The largest absolute Gasteiger partial charge is 0.497 e. The molecule has 0 radical (unpaired) electrons. The molecule has 1 amide bonds. The lowest BCUT2D eigenvalue weighted by Gasteiger charge is -2.30. The summed E-state index contributed by atoms with van der Waals surface area (Å²) in [6.45, 7) is 5.19. The Hall–Kier alpha value is -2.08. The second-order valence-corrected chi connectivity index (χ2v) is 7.21. The molecule has 2 aromatic carbocycles. The number of ether oxygens (including phenoxy) is 2. The second-order valence-electron chi connectivity index (χ2n) is 7.21. The Bertz CT molecular complexity index is 797. The van der Waals surface area contributed by atoms with Gasteiger partial charge in [0.2, 0.25) is 0 Å². The van der Waals surface area contributed by atoms with Gasteiger partial charge in [0.05, 0.1) is 19.3 Å². The summed E-state index contributed by atoms with van der Waals surface area (Å²) in [6.07, 6.45) is 1.24. The molecule has 1 unspecified atom stereocenters. The summed E-state index contributed by atoms with van der Waals surface area (Å²) >= 11 is 0. The molecule has 0 saturated carbocycles. The van der Waals surface area contributed by atoms with E-state index in [2.05, 4.69) is 37.3 Å². The fraction of sp³-hybridized carbons (Fsp3) is 0.435. The lowest BCUT2D eigenvalue weighted by molar-refractivity contribution is -0.144. The first-order valence-electron chi connectivity index (χ1n) is 9.97. The maximum Gasteiger partial charge on any atom is 0.252 e. The van der Waals surface area contributed by atoms with E-state index in [1.807, 2.05) is 30.0 Å². The standard InChI is InChI=1S/C23H30N2O3.ClH/c1-4-25(23(26)22-13-12-21(15-24)28-22)16(2)17-8-10-18(11-9-17)19-6-5-7-20(14-19)27-3;/h5-11,14,16,21-22H,4,12-13,15,24H2,1-3H3;1H/t16?,21-,22+;/m1./s1. The Labute approximate surface area is 179 Å². The molecule has 6 heteroatoms. The van der Waals surface area contributed by atoms with Crippen molar-refractivity contribution in [3.8, 4) is 16.9 Å². The third-order valence-electron chi connectivity index (χ3n) is 5.53. The van der Waals surface area contributed by atoms with Gasteiger partial charge in [0.25, 0.3) is 5.91 Å². The van der Waals surface area contributed by atoms with Gasteiger partial charge in [-0.25, -0.2) is 0 Å². The smallest absolute Gasteiger partial charge is 0.252 e. The molecular weight excluding hydrogens is 388 g/mol. The minimum Gasteiger partial charge on any atom is -0.497 e. The zero-order valence-electron chi connectivity index (χ0n) is 17.3. The van der Waals surface area contributed by atoms with Crippen LogP contribution in [0.2, 0.25) is 0 Å². The fourth-order valence-corrected chi connectivity index (χ4v) is 3.80. The van der Waals surface area contributed by atoms with Crippen LogP contribution in [0.25, 0.3) is 11.1 Å². The van der Waals surface area contributed by atoms with Crippen LogP contribution in [0.1, 0.15) is 38.3 Å². The number of likely N-dealkylation sites (N-methyl/N-ethyl adjacent to an activating group) is 1. The quantitative estimate of drug-likeness (QED) is 0.731. The molecule has 29 heavy (non-hydrogen) atoms. The molecule has 158 valence electrons. The summed E-state index contributed by atoms with van der Waals surface area (Å²) in [5, 5.41) is 0. The highest BCUT2D eigenvalue weighted by Gasteiger charge is 2.34. The Morgan fingerprint density at radius 1 is 1.21 bits per heavy atom. The Morgan fingerprint density at radius 2 is 1.93 bits per heavy atom. The van der Waals surface area contributed by atoms with Gasteiger partial charge in [-0.15, -0.1) is 12.4 Å². The topological polar surface area (TPSA) is 64.8 Å². The fourth-order valence-electron chi connectivity index (χ4n) is 3.80. The zero-order chi connectivity index (χ0) is 20.1. The summed E-state index contributed by atoms with van der Waals surface area (Å²) in [7, 11) is 1.67. The molecule has 0 spiro atoms. The van der Waals surface area contributed by atoms with Gasteiger partial charge in [0.15, 0.2) is 0 Å². The van der Waals surface area contributed by atoms with E-state index in [4.69, 9.17) is 15.2 Å². The highest BCUT2D eigenvalue weighted by molar-refractivity contribution is 5.85. The molecule has 1 saturated heterocycles. The Morgan fingerprint density at radius 3 is 2.52 bits per heavy atom. The van der Waals surface area contributed by atoms with Crippen LogP contribution >= 0.6 is 12.4 Å². The molecule has 3 rings (SSSR count). The number of hydrogen-bond acceptors (Lipinski definition) is 4. The molecule has 0 aromatic heterocycles. The van der Waals surface area contributed by atoms with Gasteiger partial charge in [-0.1, -0.05) is 36.4 Å². The highest BCUT2D eigenvalue weighted by Crippen LogP contribution is 2.29. The minimum atomic E-state index is -0.369. The van der Waals surface area contributed by atoms with Crippen molar-refractivity contribution < 1.29 is 14.3 Å². The SMILES string of the molecule is CCN(C(=O)[C@@H]1CC[C@H](CN)O1)C(C)c1ccc(-c2cccc(OC)c2)cc1.Cl. The molecule has 3 atom stereocenters. The van der Waals surface area contributed by atoms with Crippen molar-refractivity contribution in [2.75, 3.05) is 20.2 Å². The summed E-state index contributed by atoms with van der Waals surface area (Å²) < 4.78 is 11.1. The number of nitrogens with two attached hydrogens (primary N) is 1. The molecule has 0 aliphatic carbocycles. The van der Waals surface area contributed by atoms with Crippen LogP contribution in [0.3, 0.4) is 0 Å². The van der Waals surface area contributed by atoms with Crippen LogP contribution in [0.4, 0.5) is 0 Å². The number of amides is 1. The number of benzene rings is 2. The van der Waals surface area contributed by atoms with Crippen LogP contribution in [-0.2, 0) is 9.53 Å². The molecular formula is C23H31ClN2O3. The van der Waals surface area contributed by atoms with Crippen molar-refractivity contribution in [1.29, 1.82) is 0 Å². The lowest BCUT2D eigenvalue weighted by Crippen LogP contribution is -2.41. The average molecular weight is 419 g/mol. The Balaban J connectivity index is 0.00000300. The van der Waals surface area contributed by atoms with Gasteiger partial charge in [0.1, 0.15) is 11.9 Å². The van der Waals surface area contributed by atoms with Gasteiger partial charge < -0.3 is 20.1 Å². The van der Waals surface area contributed by atoms with Crippen LogP contribution in [-0.4, -0.2) is 43.2 Å². The first kappa shape index (κ1) is 23.2. The number of halogens is 1. The van der Waals surface area contributed by atoms with E-state index in [1.54, 1.807) is 7.11 Å². The number of rotatable bonds is 7. The predicted octanol–water partition coefficient (Wildman–Crippen LogP) is 4.20. The molecule has 2 N–H and O–H groups in total. The first-order valence-corrected chi connectivity index (χ1v) is 9.97. The van der Waals surface area contributed by atoms with Gasteiger partial charge >= 0.3 is 0 Å². The van der Waals surface area contributed by atoms with Crippen molar-refractivity contribution in [1.82, 2.24) is 4.90 Å². The first-order chi connectivity index (χ1) is 13.6. The van der Waals surface area contributed by atoms with E-state index in [-0.39, 0.29) is 36.6 Å². The van der Waals surface area contributed by atoms with Crippen molar-refractivity contribution in [3.63, 3.8) is 0 Å². The molecule has 0 bridgehead atoms. The summed E-state index contributed by atoms with van der Waals surface area (Å²) in [6, 6.07) is 16.4. The zero-order valence-corrected chi connectivity index (χ0v) is 18.2. The van der Waals surface area contributed by atoms with Crippen LogP contribution in [0.15, 0.2) is 48.5 Å². The van der Waals surface area contributed by atoms with Crippen molar-refractivity contribution in [2.24, 2.45) is 5.73 Å². The van der Waals surface area contributed by atoms with E-state index in [1.165, 1.54) is 0 Å². The molecule has 5 nitrogen and oxygen atoms in total.